The van der Waals surface area contributed by atoms with Gasteiger partial charge in [-0.2, -0.15) is 0 Å². The normalized spacial score (nSPS) is 17.3. The Hall–Kier alpha value is -1.02. The summed E-state index contributed by atoms with van der Waals surface area (Å²) in [5.74, 6) is 0. The van der Waals surface area contributed by atoms with Crippen LogP contribution in [0.5, 0.6) is 0 Å². The van der Waals surface area contributed by atoms with E-state index in [0.29, 0.717) is 0 Å². The molecular formula is C15H24O6. The third-order valence-corrected chi connectivity index (χ3v) is 3.45. The van der Waals surface area contributed by atoms with Crippen LogP contribution < -0.4 is 0 Å². The van der Waals surface area contributed by atoms with Crippen molar-refractivity contribution in [3.05, 3.63) is 34.9 Å². The monoisotopic (exact) mass is 300 g/mol. The molecule has 1 rings (SSSR count). The van der Waals surface area contributed by atoms with Crippen molar-refractivity contribution in [2.75, 3.05) is 13.2 Å². The Balaban J connectivity index is 2.42. The lowest BCUT2D eigenvalue weighted by atomic mass is 10.0. The molecule has 0 radical (unpaired) electrons. The van der Waals surface area contributed by atoms with Crippen molar-refractivity contribution in [1.29, 1.82) is 0 Å². The fourth-order valence-corrected chi connectivity index (χ4v) is 1.85. The van der Waals surface area contributed by atoms with E-state index in [2.05, 4.69) is 0 Å². The third kappa shape index (κ3) is 5.35. The number of hydrogen-bond acceptors (Lipinski definition) is 6. The summed E-state index contributed by atoms with van der Waals surface area (Å²) < 4.78 is 5.30. The molecule has 6 nitrogen and oxygen atoms in total. The molecule has 1 aromatic carbocycles. The van der Waals surface area contributed by atoms with Crippen LogP contribution in [0.25, 0.3) is 0 Å². The van der Waals surface area contributed by atoms with E-state index in [1.54, 1.807) is 0 Å². The first-order valence-corrected chi connectivity index (χ1v) is 6.83. The molecule has 21 heavy (non-hydrogen) atoms. The lowest BCUT2D eigenvalue weighted by Gasteiger charge is -2.25. The molecule has 4 atom stereocenters. The first kappa shape index (κ1) is 18.0. The highest BCUT2D eigenvalue weighted by Crippen LogP contribution is 2.11. The van der Waals surface area contributed by atoms with Gasteiger partial charge in [0, 0.05) is 0 Å². The lowest BCUT2D eigenvalue weighted by molar-refractivity contribution is -0.130. The topological polar surface area (TPSA) is 110 Å². The van der Waals surface area contributed by atoms with E-state index < -0.39 is 31.0 Å². The fraction of sp³-hybridized carbons (Fsp3) is 0.600. The van der Waals surface area contributed by atoms with Crippen molar-refractivity contribution in [2.24, 2.45) is 0 Å². The zero-order chi connectivity index (χ0) is 16.0. The maximum absolute atomic E-state index is 9.68. The highest BCUT2D eigenvalue weighted by atomic mass is 16.5. The maximum Gasteiger partial charge on any atom is 0.111 e. The molecule has 0 aliphatic carbocycles. The van der Waals surface area contributed by atoms with Crippen molar-refractivity contribution in [2.45, 2.75) is 44.9 Å². The molecular weight excluding hydrogens is 276 g/mol. The molecule has 0 saturated carbocycles. The number of hydrogen-bond donors (Lipinski definition) is 5. The Morgan fingerprint density at radius 1 is 0.952 bits per heavy atom. The average molecular weight is 300 g/mol. The molecule has 0 fully saturated rings. The minimum atomic E-state index is -1.63. The minimum Gasteiger partial charge on any atom is -0.394 e. The molecule has 0 saturated heterocycles. The highest BCUT2D eigenvalue weighted by Gasteiger charge is 2.29. The molecule has 0 spiro atoms. The van der Waals surface area contributed by atoms with E-state index in [1.165, 1.54) is 5.56 Å². The van der Waals surface area contributed by atoms with Gasteiger partial charge in [-0.05, 0) is 30.5 Å². The van der Waals surface area contributed by atoms with E-state index in [-0.39, 0.29) is 13.2 Å². The number of rotatable bonds is 8. The summed E-state index contributed by atoms with van der Waals surface area (Å²) in [4.78, 5) is 0. The quantitative estimate of drug-likeness (QED) is 0.432. The largest absolute Gasteiger partial charge is 0.394 e. The SMILES string of the molecule is Cc1ccc(COC[C@H](O)[C@@H](O)[C@H](O)[C@H](O)CO)cc1C. The standard InChI is InChI=1S/C15H24O6/c1-9-3-4-11(5-10(9)2)7-21-8-13(18)15(20)14(19)12(17)6-16/h3-5,12-20H,6-8H2,1-2H3/t12-,13+,14-,15-/m1/s1. The van der Waals surface area contributed by atoms with Crippen molar-refractivity contribution in [3.8, 4) is 0 Å². The van der Waals surface area contributed by atoms with E-state index in [4.69, 9.17) is 9.84 Å². The first-order chi connectivity index (χ1) is 9.86. The zero-order valence-corrected chi connectivity index (χ0v) is 12.3. The van der Waals surface area contributed by atoms with Crippen LogP contribution in [0.2, 0.25) is 0 Å². The Morgan fingerprint density at radius 3 is 2.14 bits per heavy atom. The van der Waals surface area contributed by atoms with Gasteiger partial charge in [-0.15, -0.1) is 0 Å². The molecule has 6 heteroatoms. The number of aryl methyl sites for hydroxylation is 2. The number of aliphatic hydroxyl groups excluding tert-OH is 5. The third-order valence-electron chi connectivity index (χ3n) is 3.45. The lowest BCUT2D eigenvalue weighted by Crippen LogP contribution is -2.47. The predicted molar refractivity (Wildman–Crippen MR) is 76.7 cm³/mol. The van der Waals surface area contributed by atoms with Gasteiger partial charge in [-0.25, -0.2) is 0 Å². The van der Waals surface area contributed by atoms with Crippen LogP contribution in [0.4, 0.5) is 0 Å². The van der Waals surface area contributed by atoms with Gasteiger partial charge in [0.2, 0.25) is 0 Å². The van der Waals surface area contributed by atoms with Gasteiger partial charge < -0.3 is 30.3 Å². The second-order valence-corrected chi connectivity index (χ2v) is 5.23. The van der Waals surface area contributed by atoms with E-state index in [1.807, 2.05) is 32.0 Å². The first-order valence-electron chi connectivity index (χ1n) is 6.83. The van der Waals surface area contributed by atoms with Crippen molar-refractivity contribution < 1.29 is 30.3 Å². The fourth-order valence-electron chi connectivity index (χ4n) is 1.85. The van der Waals surface area contributed by atoms with Gasteiger partial charge in [-0.3, -0.25) is 0 Å². The van der Waals surface area contributed by atoms with Crippen LogP contribution in [0.3, 0.4) is 0 Å². The molecule has 0 amide bonds. The van der Waals surface area contributed by atoms with Crippen LogP contribution in [0.1, 0.15) is 16.7 Å². The molecule has 5 N–H and O–H groups in total. The van der Waals surface area contributed by atoms with Gasteiger partial charge in [-0.1, -0.05) is 18.2 Å². The van der Waals surface area contributed by atoms with Gasteiger partial charge in [0.25, 0.3) is 0 Å². The predicted octanol–water partition coefficient (Wildman–Crippen LogP) is -0.744. The van der Waals surface area contributed by atoms with Crippen LogP contribution in [-0.4, -0.2) is 63.2 Å². The summed E-state index contributed by atoms with van der Waals surface area (Å²) >= 11 is 0. The summed E-state index contributed by atoms with van der Waals surface area (Å²) in [5.41, 5.74) is 3.25. The van der Waals surface area contributed by atoms with Gasteiger partial charge >= 0.3 is 0 Å². The Labute approximate surface area is 124 Å². The highest BCUT2D eigenvalue weighted by molar-refractivity contribution is 5.29. The summed E-state index contributed by atoms with van der Waals surface area (Å²) in [6.07, 6.45) is -6.08. The molecule has 0 bridgehead atoms. The molecule has 1 aromatic rings. The summed E-state index contributed by atoms with van der Waals surface area (Å²) in [6, 6.07) is 5.86. The second-order valence-electron chi connectivity index (χ2n) is 5.23. The maximum atomic E-state index is 9.68. The van der Waals surface area contributed by atoms with Crippen molar-refractivity contribution >= 4 is 0 Å². The summed E-state index contributed by atoms with van der Waals surface area (Å²) in [6.45, 7) is 3.37. The Morgan fingerprint density at radius 2 is 1.57 bits per heavy atom. The van der Waals surface area contributed by atoms with E-state index in [9.17, 15) is 20.4 Å². The second kappa shape index (κ2) is 8.43. The molecule has 0 aliphatic rings. The minimum absolute atomic E-state index is 0.191. The van der Waals surface area contributed by atoms with Gasteiger partial charge in [0.15, 0.2) is 0 Å². The molecule has 0 heterocycles. The van der Waals surface area contributed by atoms with Crippen molar-refractivity contribution in [1.82, 2.24) is 0 Å². The Kier molecular flexibility index (Phi) is 7.24. The Bertz CT molecular complexity index is 436. The average Bonchev–Trinajstić information content (AvgIpc) is 2.48. The smallest absolute Gasteiger partial charge is 0.111 e. The molecule has 120 valence electrons. The van der Waals surface area contributed by atoms with Crippen LogP contribution in [-0.2, 0) is 11.3 Å². The van der Waals surface area contributed by atoms with E-state index in [0.717, 1.165) is 11.1 Å². The number of aliphatic hydroxyl groups is 5. The number of ether oxygens (including phenoxy) is 1. The molecule has 0 aliphatic heterocycles. The van der Waals surface area contributed by atoms with E-state index >= 15 is 0 Å². The van der Waals surface area contributed by atoms with Gasteiger partial charge in [0.1, 0.15) is 24.4 Å². The molecule has 0 unspecified atom stereocenters. The number of benzene rings is 1. The zero-order valence-electron chi connectivity index (χ0n) is 12.3. The summed E-state index contributed by atoms with van der Waals surface area (Å²) in [7, 11) is 0. The molecule has 0 aromatic heterocycles. The van der Waals surface area contributed by atoms with Crippen LogP contribution in [0.15, 0.2) is 18.2 Å². The summed E-state index contributed by atoms with van der Waals surface area (Å²) in [5, 5.41) is 46.6. The van der Waals surface area contributed by atoms with Gasteiger partial charge in [0.05, 0.1) is 19.8 Å². The van der Waals surface area contributed by atoms with Crippen LogP contribution in [0, 0.1) is 13.8 Å². The van der Waals surface area contributed by atoms with Crippen molar-refractivity contribution in [3.63, 3.8) is 0 Å². The van der Waals surface area contributed by atoms with Crippen LogP contribution >= 0.6 is 0 Å².